The topological polar surface area (TPSA) is 206 Å². The molecule has 1 aromatic rings. The molecule has 0 aliphatic rings. The first-order valence-electron chi connectivity index (χ1n) is 22.6. The highest BCUT2D eigenvalue weighted by molar-refractivity contribution is 5.86. The summed E-state index contributed by atoms with van der Waals surface area (Å²) >= 11 is 0. The number of rotatable bonds is 30. The molecular weight excluding hydrogens is 849 g/mol. The summed E-state index contributed by atoms with van der Waals surface area (Å²) < 4.78 is 36.9. The number of nitrogens with zero attached hydrogens (tertiary/aromatic N) is 4. The molecule has 0 saturated carbocycles. The number of benzene rings is 1. The molecule has 0 aromatic heterocycles. The Morgan fingerprint density at radius 1 is 0.508 bits per heavy atom. The molecule has 2 amide bonds. The monoisotopic (exact) mass is 925 g/mol. The predicted molar refractivity (Wildman–Crippen MR) is 239 cm³/mol. The summed E-state index contributed by atoms with van der Waals surface area (Å²) in [6, 6.07) is 7.17. The molecule has 0 saturated heterocycles. The molecule has 1 atom stereocenters. The molecule has 370 valence electrons. The number of carbonyl (C=O) groups excluding carboxylic acids is 7. The second-order valence-corrected chi connectivity index (χ2v) is 16.8. The molecule has 0 heterocycles. The standard InChI is InChI=1S/C46H76N4O15/c1-12-58-38(51)31-47(32-39(52)59-13-2)26-28-49(29-27-48(33-40(53)60-14-3)34-41(54)61-15-4)37(42(55)62-16-5)21-17-19-35-22-24-36(25-23-35)20-18-30-63-50(43(56)64-45(6,7)8)44(57)65-46(9,10)11/h22-25,37H,12-21,26-34H2,1-11H3. The van der Waals surface area contributed by atoms with Crippen LogP contribution in [0, 0.1) is 0 Å². The van der Waals surface area contributed by atoms with E-state index in [1.54, 1.807) is 86.0 Å². The highest BCUT2D eigenvalue weighted by Gasteiger charge is 2.33. The van der Waals surface area contributed by atoms with Crippen molar-refractivity contribution < 1.29 is 71.6 Å². The molecule has 0 N–H and O–H groups in total. The second-order valence-electron chi connectivity index (χ2n) is 16.8. The van der Waals surface area contributed by atoms with Gasteiger partial charge in [-0.2, -0.15) is 0 Å². The molecule has 1 unspecified atom stereocenters. The minimum absolute atomic E-state index is 0.0405. The number of hydrogen-bond acceptors (Lipinski definition) is 18. The molecule has 0 bridgehead atoms. The van der Waals surface area contributed by atoms with Gasteiger partial charge in [-0.05, 0) is 119 Å². The molecule has 1 aromatic carbocycles. The van der Waals surface area contributed by atoms with Crippen LogP contribution in [-0.4, -0.2) is 171 Å². The zero-order valence-electron chi connectivity index (χ0n) is 40.7. The fourth-order valence-corrected chi connectivity index (χ4v) is 6.23. The fraction of sp³-hybridized carbons (Fsp3) is 0.717. The lowest BCUT2D eigenvalue weighted by Gasteiger charge is -2.33. The maximum atomic E-state index is 13.7. The second kappa shape index (κ2) is 31.1. The number of hydrogen-bond donors (Lipinski definition) is 0. The van der Waals surface area contributed by atoms with Crippen LogP contribution in [-0.2, 0) is 74.8 Å². The lowest BCUT2D eigenvalue weighted by Crippen LogP contribution is -2.50. The molecule has 65 heavy (non-hydrogen) atoms. The normalized spacial score (nSPS) is 12.1. The predicted octanol–water partition coefficient (Wildman–Crippen LogP) is 5.14. The summed E-state index contributed by atoms with van der Waals surface area (Å²) in [6.07, 6.45) is 0.677. The zero-order valence-corrected chi connectivity index (χ0v) is 40.7. The van der Waals surface area contributed by atoms with Crippen LogP contribution in [0.1, 0.15) is 107 Å². The number of carbonyl (C=O) groups is 7. The van der Waals surface area contributed by atoms with Gasteiger partial charge in [-0.3, -0.25) is 43.5 Å². The van der Waals surface area contributed by atoms with Gasteiger partial charge in [-0.25, -0.2) is 9.59 Å². The van der Waals surface area contributed by atoms with E-state index in [-0.39, 0.29) is 92.0 Å². The van der Waals surface area contributed by atoms with Crippen molar-refractivity contribution in [2.45, 2.75) is 126 Å². The van der Waals surface area contributed by atoms with Crippen LogP contribution in [0.25, 0.3) is 0 Å². The first kappa shape index (κ1) is 58.2. The van der Waals surface area contributed by atoms with Gasteiger partial charge in [-0.1, -0.05) is 29.3 Å². The molecule has 19 nitrogen and oxygen atoms in total. The summed E-state index contributed by atoms with van der Waals surface area (Å²) in [4.78, 5) is 100. The van der Waals surface area contributed by atoms with Crippen molar-refractivity contribution >= 4 is 42.0 Å². The first-order chi connectivity index (χ1) is 30.6. The van der Waals surface area contributed by atoms with E-state index in [1.807, 2.05) is 29.2 Å². The Bertz CT molecular complexity index is 1490. The van der Waals surface area contributed by atoms with Gasteiger partial charge in [0.25, 0.3) is 0 Å². The average molecular weight is 925 g/mol. The highest BCUT2D eigenvalue weighted by Crippen LogP contribution is 2.18. The Balaban J connectivity index is 3.25. The Morgan fingerprint density at radius 3 is 1.20 bits per heavy atom. The van der Waals surface area contributed by atoms with Gasteiger partial charge in [-0.15, -0.1) is 0 Å². The zero-order chi connectivity index (χ0) is 49.0. The molecule has 0 spiro atoms. The number of imide groups is 1. The van der Waals surface area contributed by atoms with Crippen molar-refractivity contribution in [3.8, 4) is 0 Å². The quantitative estimate of drug-likeness (QED) is 0.0424. The van der Waals surface area contributed by atoms with E-state index in [0.717, 1.165) is 11.1 Å². The van der Waals surface area contributed by atoms with Gasteiger partial charge in [0, 0.05) is 26.2 Å². The van der Waals surface area contributed by atoms with Gasteiger partial charge in [0.1, 0.15) is 17.2 Å². The smallest absolute Gasteiger partial charge is 0.444 e. The summed E-state index contributed by atoms with van der Waals surface area (Å²) in [5.74, 6) is -2.57. The third kappa shape index (κ3) is 26.6. The highest BCUT2D eigenvalue weighted by atomic mass is 16.8. The van der Waals surface area contributed by atoms with Crippen molar-refractivity contribution in [1.29, 1.82) is 0 Å². The van der Waals surface area contributed by atoms with Crippen molar-refractivity contribution in [2.24, 2.45) is 0 Å². The van der Waals surface area contributed by atoms with Crippen LogP contribution in [0.4, 0.5) is 9.59 Å². The van der Waals surface area contributed by atoms with Crippen molar-refractivity contribution in [3.63, 3.8) is 0 Å². The maximum absolute atomic E-state index is 13.7. The largest absolute Gasteiger partial charge is 0.465 e. The lowest BCUT2D eigenvalue weighted by atomic mass is 10.0. The van der Waals surface area contributed by atoms with Gasteiger partial charge in [0.05, 0.1) is 65.8 Å². The van der Waals surface area contributed by atoms with Crippen molar-refractivity contribution in [2.75, 3.05) is 92.0 Å². The van der Waals surface area contributed by atoms with Gasteiger partial charge in [0.2, 0.25) is 0 Å². The summed E-state index contributed by atoms with van der Waals surface area (Å²) in [5.41, 5.74) is 0.302. The molecular formula is C46H76N4O15. The van der Waals surface area contributed by atoms with E-state index >= 15 is 0 Å². The van der Waals surface area contributed by atoms with E-state index in [4.69, 9.17) is 38.0 Å². The number of amides is 2. The molecule has 0 fully saturated rings. The van der Waals surface area contributed by atoms with Crippen LogP contribution in [0.2, 0.25) is 0 Å². The molecule has 19 heteroatoms. The molecule has 0 radical (unpaired) electrons. The lowest BCUT2D eigenvalue weighted by molar-refractivity contribution is -0.152. The van der Waals surface area contributed by atoms with E-state index in [0.29, 0.717) is 37.2 Å². The van der Waals surface area contributed by atoms with Gasteiger partial charge >= 0.3 is 42.0 Å². The SMILES string of the molecule is CCOC(=O)CN(CCN(CCN(CC(=O)OCC)CC(=O)OCC)C(CCCc1ccc(CCCON(C(=O)OC(C)(C)C)C(=O)OC(C)(C)C)cc1)C(=O)OCC)CC(=O)OCC. The molecule has 0 aliphatic carbocycles. The number of esters is 5. The van der Waals surface area contributed by atoms with Crippen LogP contribution in [0.5, 0.6) is 0 Å². The Kier molecular flexibility index (Phi) is 27.9. The average Bonchev–Trinajstić information content (AvgIpc) is 3.19. The summed E-state index contributed by atoms with van der Waals surface area (Å²) in [5, 5.41) is 0.510. The first-order valence-corrected chi connectivity index (χ1v) is 22.6. The van der Waals surface area contributed by atoms with Crippen LogP contribution in [0.15, 0.2) is 24.3 Å². The van der Waals surface area contributed by atoms with E-state index in [9.17, 15) is 33.6 Å². The maximum Gasteiger partial charge on any atom is 0.444 e. The minimum atomic E-state index is -0.973. The van der Waals surface area contributed by atoms with E-state index < -0.39 is 59.3 Å². The van der Waals surface area contributed by atoms with Gasteiger partial charge in [0.15, 0.2) is 0 Å². The molecule has 0 aliphatic heterocycles. The van der Waals surface area contributed by atoms with Crippen LogP contribution >= 0.6 is 0 Å². The number of ether oxygens (including phenoxy) is 7. The Morgan fingerprint density at radius 2 is 0.862 bits per heavy atom. The summed E-state index contributed by atoms with van der Waals surface area (Å²) in [7, 11) is 0. The Labute approximate surface area is 385 Å². The Hall–Kier alpha value is -4.85. The van der Waals surface area contributed by atoms with Gasteiger partial charge < -0.3 is 33.2 Å². The summed E-state index contributed by atoms with van der Waals surface area (Å²) in [6.45, 7) is 19.3. The van der Waals surface area contributed by atoms with E-state index in [1.165, 1.54) is 0 Å². The van der Waals surface area contributed by atoms with Crippen LogP contribution < -0.4 is 0 Å². The van der Waals surface area contributed by atoms with Crippen LogP contribution in [0.3, 0.4) is 0 Å². The third-order valence-corrected chi connectivity index (χ3v) is 8.95. The third-order valence-electron chi connectivity index (χ3n) is 8.95. The van der Waals surface area contributed by atoms with Crippen molar-refractivity contribution in [3.05, 3.63) is 35.4 Å². The fourth-order valence-electron chi connectivity index (χ4n) is 6.23. The van der Waals surface area contributed by atoms with Crippen molar-refractivity contribution in [1.82, 2.24) is 19.8 Å². The number of aryl methyl sites for hydroxylation is 2. The number of hydroxylamine groups is 2. The molecule has 1 rings (SSSR count). The van der Waals surface area contributed by atoms with E-state index in [2.05, 4.69) is 0 Å². The minimum Gasteiger partial charge on any atom is -0.465 e.